The Morgan fingerprint density at radius 2 is 1.40 bits per heavy atom. The van der Waals surface area contributed by atoms with Gasteiger partial charge in [0, 0.05) is 46.2 Å². The molecule has 0 aliphatic heterocycles. The number of carbonyl (C=O) groups excluding carboxylic acids is 2. The number of halogens is 2. The van der Waals surface area contributed by atoms with Crippen molar-refractivity contribution in [3.8, 4) is 0 Å². The second-order valence-electron chi connectivity index (χ2n) is 11.8. The van der Waals surface area contributed by atoms with E-state index in [4.69, 9.17) is 23.2 Å². The molecule has 4 aromatic rings. The molecular formula is C34H34Cl2N4O6S. The molecule has 0 spiro atoms. The molecule has 0 aliphatic rings. The Balaban J connectivity index is 1.86. The van der Waals surface area contributed by atoms with Crippen molar-refractivity contribution in [3.63, 3.8) is 0 Å². The third-order valence-corrected chi connectivity index (χ3v) is 9.61. The number of anilines is 1. The van der Waals surface area contributed by atoms with Crippen LogP contribution in [0.1, 0.15) is 31.9 Å². The molecule has 0 radical (unpaired) electrons. The third-order valence-electron chi connectivity index (χ3n) is 7.12. The molecule has 0 bridgehead atoms. The minimum absolute atomic E-state index is 0.0160. The molecule has 4 aromatic carbocycles. The number of carbonyl (C=O) groups is 2. The van der Waals surface area contributed by atoms with Gasteiger partial charge in [-0.3, -0.25) is 24.0 Å². The van der Waals surface area contributed by atoms with Gasteiger partial charge in [-0.2, -0.15) is 0 Å². The summed E-state index contributed by atoms with van der Waals surface area (Å²) in [6, 6.07) is 25.2. The highest BCUT2D eigenvalue weighted by Crippen LogP contribution is 2.30. The maximum Gasteiger partial charge on any atom is 0.269 e. The summed E-state index contributed by atoms with van der Waals surface area (Å²) in [5, 5.41) is 14.8. The highest BCUT2D eigenvalue weighted by Gasteiger charge is 2.36. The van der Waals surface area contributed by atoms with Crippen LogP contribution in [0.4, 0.5) is 11.4 Å². The lowest BCUT2D eigenvalue weighted by Gasteiger charge is -2.35. The summed E-state index contributed by atoms with van der Waals surface area (Å²) < 4.78 is 29.0. The second kappa shape index (κ2) is 15.0. The molecule has 0 aromatic heterocycles. The number of non-ortho nitro benzene ring substituents is 1. The number of amides is 2. The molecule has 4 rings (SSSR count). The van der Waals surface area contributed by atoms with Gasteiger partial charge in [0.2, 0.25) is 11.8 Å². The molecule has 2 amide bonds. The van der Waals surface area contributed by atoms with Crippen molar-refractivity contribution in [2.75, 3.05) is 10.8 Å². The first-order valence-corrected chi connectivity index (χ1v) is 16.8. The van der Waals surface area contributed by atoms with Crippen molar-refractivity contribution >= 4 is 56.4 Å². The first-order chi connectivity index (χ1) is 22.2. The zero-order valence-electron chi connectivity index (χ0n) is 26.0. The molecule has 0 saturated heterocycles. The van der Waals surface area contributed by atoms with Gasteiger partial charge < -0.3 is 10.2 Å². The lowest BCUT2D eigenvalue weighted by atomic mass is 10.0. The average Bonchev–Trinajstić information content (AvgIpc) is 3.02. The van der Waals surface area contributed by atoms with Crippen LogP contribution in [0.25, 0.3) is 0 Å². The number of sulfonamides is 1. The summed E-state index contributed by atoms with van der Waals surface area (Å²) in [7, 11) is -4.38. The van der Waals surface area contributed by atoms with E-state index in [0.717, 1.165) is 22.0 Å². The topological polar surface area (TPSA) is 130 Å². The number of rotatable bonds is 12. The van der Waals surface area contributed by atoms with Crippen LogP contribution in [0.2, 0.25) is 10.0 Å². The molecule has 1 atom stereocenters. The van der Waals surface area contributed by atoms with Crippen LogP contribution in [-0.4, -0.2) is 48.2 Å². The van der Waals surface area contributed by atoms with E-state index >= 15 is 0 Å². The van der Waals surface area contributed by atoms with E-state index in [1.54, 1.807) is 36.4 Å². The van der Waals surface area contributed by atoms with Gasteiger partial charge in [-0.05, 0) is 62.7 Å². The Labute approximate surface area is 284 Å². The van der Waals surface area contributed by atoms with Gasteiger partial charge in [-0.15, -0.1) is 0 Å². The van der Waals surface area contributed by atoms with Gasteiger partial charge in [0.1, 0.15) is 12.6 Å². The molecule has 0 saturated carbocycles. The van der Waals surface area contributed by atoms with Crippen molar-refractivity contribution in [1.82, 2.24) is 10.2 Å². The molecule has 246 valence electrons. The highest BCUT2D eigenvalue weighted by atomic mass is 35.5. The molecule has 10 nitrogen and oxygen atoms in total. The van der Waals surface area contributed by atoms with Crippen LogP contribution in [-0.2, 0) is 32.6 Å². The van der Waals surface area contributed by atoms with Crippen molar-refractivity contribution in [2.24, 2.45) is 0 Å². The Hall–Kier alpha value is -4.45. The SMILES string of the molecule is CC(C)(C)NC(=O)C(Cc1ccccc1)N(Cc1c(Cl)cccc1Cl)C(=O)CN(c1ccc([N+](=O)[O-])cc1)S(=O)(=O)c1ccccc1. The minimum Gasteiger partial charge on any atom is -0.350 e. The lowest BCUT2D eigenvalue weighted by Crippen LogP contribution is -2.56. The van der Waals surface area contributed by atoms with Gasteiger partial charge in [-0.1, -0.05) is 77.8 Å². The molecule has 0 aliphatic carbocycles. The number of nitro benzene ring substituents is 1. The summed E-state index contributed by atoms with van der Waals surface area (Å²) in [6.45, 7) is 4.47. The van der Waals surface area contributed by atoms with Crippen molar-refractivity contribution in [2.45, 2.75) is 50.2 Å². The predicted molar refractivity (Wildman–Crippen MR) is 183 cm³/mol. The van der Waals surface area contributed by atoms with E-state index in [-0.39, 0.29) is 39.3 Å². The van der Waals surface area contributed by atoms with Crippen molar-refractivity contribution < 1.29 is 22.9 Å². The normalized spacial score (nSPS) is 12.2. The maximum atomic E-state index is 14.6. The molecule has 1 unspecified atom stereocenters. The number of hydrogen-bond acceptors (Lipinski definition) is 6. The molecule has 0 fully saturated rings. The molecule has 1 N–H and O–H groups in total. The van der Waals surface area contributed by atoms with Gasteiger partial charge in [0.05, 0.1) is 15.5 Å². The molecule has 13 heteroatoms. The monoisotopic (exact) mass is 696 g/mol. The standard InChI is InChI=1S/C34H34Cl2N4O6S/c1-34(2,3)37-33(42)31(21-24-11-6-4-7-12-24)38(22-28-29(35)15-10-16-30(28)36)32(41)23-39(25-17-19-26(20-18-25)40(43)44)47(45,46)27-13-8-5-9-14-27/h4-20,31H,21-23H2,1-3H3,(H,37,42). The van der Waals surface area contributed by atoms with Crippen molar-refractivity contribution in [1.29, 1.82) is 0 Å². The summed E-state index contributed by atoms with van der Waals surface area (Å²) >= 11 is 13.1. The Morgan fingerprint density at radius 1 is 0.851 bits per heavy atom. The first-order valence-electron chi connectivity index (χ1n) is 14.6. The second-order valence-corrected chi connectivity index (χ2v) is 14.4. The Kier molecular flexibility index (Phi) is 11.3. The fourth-order valence-corrected chi connectivity index (χ4v) is 6.80. The van der Waals surface area contributed by atoms with Gasteiger partial charge in [-0.25, -0.2) is 8.42 Å². The fraction of sp³-hybridized carbons (Fsp3) is 0.235. The number of nitrogens with one attached hydrogen (secondary N) is 1. The Morgan fingerprint density at radius 3 is 1.94 bits per heavy atom. The summed E-state index contributed by atoms with van der Waals surface area (Å²) in [4.78, 5) is 40.4. The quantitative estimate of drug-likeness (QED) is 0.130. The number of nitro groups is 1. The van der Waals surface area contributed by atoms with E-state index in [1.807, 2.05) is 51.1 Å². The zero-order chi connectivity index (χ0) is 34.4. The van der Waals surface area contributed by atoms with E-state index in [1.165, 1.54) is 29.2 Å². The van der Waals surface area contributed by atoms with E-state index in [9.17, 15) is 28.1 Å². The number of hydrogen-bond donors (Lipinski definition) is 1. The van der Waals surface area contributed by atoms with Gasteiger partial charge in [0.15, 0.2) is 0 Å². The van der Waals surface area contributed by atoms with Crippen LogP contribution in [0, 0.1) is 10.1 Å². The van der Waals surface area contributed by atoms with Gasteiger partial charge >= 0.3 is 0 Å². The maximum absolute atomic E-state index is 14.6. The highest BCUT2D eigenvalue weighted by molar-refractivity contribution is 7.92. The van der Waals surface area contributed by atoms with Crippen LogP contribution >= 0.6 is 23.2 Å². The fourth-order valence-electron chi connectivity index (χ4n) is 4.85. The predicted octanol–water partition coefficient (Wildman–Crippen LogP) is 6.65. The average molecular weight is 698 g/mol. The zero-order valence-corrected chi connectivity index (χ0v) is 28.3. The van der Waals surface area contributed by atoms with E-state index in [0.29, 0.717) is 5.56 Å². The molecule has 47 heavy (non-hydrogen) atoms. The molecular weight excluding hydrogens is 663 g/mol. The van der Waals surface area contributed by atoms with Crippen molar-refractivity contribution in [3.05, 3.63) is 134 Å². The van der Waals surface area contributed by atoms with E-state index in [2.05, 4.69) is 5.32 Å². The molecule has 0 heterocycles. The third kappa shape index (κ3) is 9.09. The largest absolute Gasteiger partial charge is 0.350 e. The van der Waals surface area contributed by atoms with Gasteiger partial charge in [0.25, 0.3) is 15.7 Å². The first kappa shape index (κ1) is 35.4. The summed E-state index contributed by atoms with van der Waals surface area (Å²) in [6.07, 6.45) is 0.0968. The van der Waals surface area contributed by atoms with E-state index < -0.39 is 44.9 Å². The van der Waals surface area contributed by atoms with Crippen LogP contribution in [0.15, 0.2) is 108 Å². The summed E-state index contributed by atoms with van der Waals surface area (Å²) in [5.74, 6) is -1.20. The van der Waals surface area contributed by atoms with Crippen LogP contribution < -0.4 is 9.62 Å². The lowest BCUT2D eigenvalue weighted by molar-refractivity contribution is -0.384. The summed E-state index contributed by atoms with van der Waals surface area (Å²) in [5.41, 5.74) is 0.230. The van der Waals surface area contributed by atoms with Crippen LogP contribution in [0.3, 0.4) is 0 Å². The smallest absolute Gasteiger partial charge is 0.269 e. The number of benzene rings is 4. The van der Waals surface area contributed by atoms with Crippen LogP contribution in [0.5, 0.6) is 0 Å². The Bertz CT molecular complexity index is 1810. The minimum atomic E-state index is -4.38. The number of nitrogens with zero attached hydrogens (tertiary/aromatic N) is 3.